The number of hydrogen-bond donors (Lipinski definition) is 2. The molecule has 0 atom stereocenters. The monoisotopic (exact) mass is 483 g/mol. The predicted molar refractivity (Wildman–Crippen MR) is 129 cm³/mol. The van der Waals surface area contributed by atoms with Gasteiger partial charge >= 0.3 is 0 Å². The number of fused-ring (bicyclic) bond motifs is 1. The lowest BCUT2D eigenvalue weighted by molar-refractivity contribution is -0.134. The summed E-state index contributed by atoms with van der Waals surface area (Å²) in [6.45, 7) is 0.786. The largest absolute Gasteiger partial charge is 0.494 e. The second-order valence-electron chi connectivity index (χ2n) is 8.51. The van der Waals surface area contributed by atoms with Gasteiger partial charge in [-0.05, 0) is 72.7 Å². The lowest BCUT2D eigenvalue weighted by atomic mass is 9.98. The van der Waals surface area contributed by atoms with Gasteiger partial charge in [-0.25, -0.2) is 13.9 Å². The molecule has 1 heterocycles. The average Bonchev–Trinajstić information content (AvgIpc) is 2.88. The number of carbonyl (C=O) groups is 1. The highest BCUT2D eigenvalue weighted by molar-refractivity contribution is 7.93. The zero-order valence-corrected chi connectivity index (χ0v) is 19.7. The molecule has 1 saturated heterocycles. The van der Waals surface area contributed by atoms with Crippen molar-refractivity contribution < 1.29 is 27.9 Å². The molecule has 1 fully saturated rings. The average molecular weight is 484 g/mol. The van der Waals surface area contributed by atoms with Gasteiger partial charge in [-0.15, -0.1) is 0 Å². The molecule has 8 heteroatoms. The fourth-order valence-corrected chi connectivity index (χ4v) is 6.32. The van der Waals surface area contributed by atoms with E-state index in [1.165, 1.54) is 33.9 Å². The van der Waals surface area contributed by atoms with Crippen molar-refractivity contribution in [2.45, 2.75) is 41.7 Å². The standard InChI is InChI=1S/C26H29NO6S/c28-25(27-29)26(14-17-32-18-15-26)34(30,31)24-12-10-23(11-13-24)33-16-4-3-5-20-8-9-21-6-1-2-7-22(21)19-20/h1-2,6-13,19,29H,3-5,14-18H2,(H,27,28). The summed E-state index contributed by atoms with van der Waals surface area (Å²) in [5.41, 5.74) is 2.82. The smallest absolute Gasteiger partial charge is 0.265 e. The number of nitrogens with one attached hydrogen (secondary N) is 1. The summed E-state index contributed by atoms with van der Waals surface area (Å²) in [6, 6.07) is 20.9. The van der Waals surface area contributed by atoms with Gasteiger partial charge in [0.05, 0.1) is 11.5 Å². The third-order valence-electron chi connectivity index (χ3n) is 6.41. The van der Waals surface area contributed by atoms with Crippen LogP contribution in [-0.2, 0) is 25.8 Å². The Kier molecular flexibility index (Phi) is 7.50. The maximum absolute atomic E-state index is 13.3. The SMILES string of the molecule is O=C(NO)C1(S(=O)(=O)c2ccc(OCCCCc3ccc4ccccc4c3)cc2)CCOCC1. The van der Waals surface area contributed by atoms with Crippen molar-refractivity contribution in [3.8, 4) is 5.75 Å². The number of ether oxygens (including phenoxy) is 2. The molecule has 1 aliphatic heterocycles. The van der Waals surface area contributed by atoms with Crippen LogP contribution in [0.1, 0.15) is 31.2 Å². The topological polar surface area (TPSA) is 102 Å². The van der Waals surface area contributed by atoms with E-state index in [4.69, 9.17) is 14.7 Å². The molecule has 34 heavy (non-hydrogen) atoms. The van der Waals surface area contributed by atoms with E-state index in [0.717, 1.165) is 19.3 Å². The van der Waals surface area contributed by atoms with Gasteiger partial charge in [0.2, 0.25) is 0 Å². The first kappa shape index (κ1) is 24.2. The van der Waals surface area contributed by atoms with Crippen LogP contribution in [0, 0.1) is 0 Å². The second-order valence-corrected chi connectivity index (χ2v) is 10.8. The molecule has 180 valence electrons. The van der Waals surface area contributed by atoms with Crippen molar-refractivity contribution in [3.05, 3.63) is 72.3 Å². The molecule has 4 rings (SSSR count). The van der Waals surface area contributed by atoms with E-state index >= 15 is 0 Å². The molecule has 0 saturated carbocycles. The van der Waals surface area contributed by atoms with E-state index in [0.29, 0.717) is 12.4 Å². The number of amides is 1. The maximum Gasteiger partial charge on any atom is 0.265 e. The molecule has 7 nitrogen and oxygen atoms in total. The highest BCUT2D eigenvalue weighted by Crippen LogP contribution is 2.35. The first-order chi connectivity index (χ1) is 16.5. The Labute approximate surface area is 199 Å². The normalized spacial score (nSPS) is 15.7. The van der Waals surface area contributed by atoms with Crippen molar-refractivity contribution in [2.24, 2.45) is 0 Å². The van der Waals surface area contributed by atoms with Crippen molar-refractivity contribution in [2.75, 3.05) is 19.8 Å². The van der Waals surface area contributed by atoms with Crippen LogP contribution in [-0.4, -0.2) is 44.1 Å². The Balaban J connectivity index is 1.32. The summed E-state index contributed by atoms with van der Waals surface area (Å²) in [5, 5.41) is 11.6. The van der Waals surface area contributed by atoms with Crippen LogP contribution in [0.3, 0.4) is 0 Å². The number of aryl methyl sites for hydroxylation is 1. The van der Waals surface area contributed by atoms with Gasteiger partial charge in [-0.3, -0.25) is 10.0 Å². The lowest BCUT2D eigenvalue weighted by Gasteiger charge is -2.34. The van der Waals surface area contributed by atoms with Crippen LogP contribution in [0.2, 0.25) is 0 Å². The van der Waals surface area contributed by atoms with Gasteiger partial charge < -0.3 is 9.47 Å². The van der Waals surface area contributed by atoms with E-state index in [1.54, 1.807) is 12.1 Å². The number of carbonyl (C=O) groups excluding carboxylic acids is 1. The molecule has 2 N–H and O–H groups in total. The third-order valence-corrected chi connectivity index (χ3v) is 8.92. The minimum Gasteiger partial charge on any atom is -0.494 e. The van der Waals surface area contributed by atoms with E-state index in [9.17, 15) is 13.2 Å². The minimum atomic E-state index is -4.03. The van der Waals surface area contributed by atoms with Crippen LogP contribution in [0.5, 0.6) is 5.75 Å². The zero-order chi connectivity index (χ0) is 24.0. The van der Waals surface area contributed by atoms with E-state index in [2.05, 4.69) is 30.3 Å². The fraction of sp³-hybridized carbons (Fsp3) is 0.346. The van der Waals surface area contributed by atoms with Crippen LogP contribution < -0.4 is 10.2 Å². The minimum absolute atomic E-state index is 0.0154. The lowest BCUT2D eigenvalue weighted by Crippen LogP contribution is -2.54. The molecule has 3 aromatic rings. The van der Waals surface area contributed by atoms with E-state index < -0.39 is 20.5 Å². The first-order valence-corrected chi connectivity index (χ1v) is 12.9. The van der Waals surface area contributed by atoms with E-state index in [-0.39, 0.29) is 31.0 Å². The van der Waals surface area contributed by atoms with Gasteiger partial charge in [0, 0.05) is 13.2 Å². The number of hydrogen-bond acceptors (Lipinski definition) is 6. The fourth-order valence-electron chi connectivity index (χ4n) is 4.38. The van der Waals surface area contributed by atoms with Crippen molar-refractivity contribution >= 4 is 26.5 Å². The summed E-state index contributed by atoms with van der Waals surface area (Å²) in [4.78, 5) is 12.3. The summed E-state index contributed by atoms with van der Waals surface area (Å²) in [5.74, 6) is -0.361. The molecule has 3 aromatic carbocycles. The first-order valence-electron chi connectivity index (χ1n) is 11.4. The summed E-state index contributed by atoms with van der Waals surface area (Å²) in [7, 11) is -4.03. The van der Waals surface area contributed by atoms with Gasteiger partial charge in [0.1, 0.15) is 5.75 Å². The van der Waals surface area contributed by atoms with E-state index in [1.807, 2.05) is 12.1 Å². The molecule has 0 aromatic heterocycles. The quantitative estimate of drug-likeness (QED) is 0.270. The Morgan fingerprint density at radius 2 is 1.68 bits per heavy atom. The van der Waals surface area contributed by atoms with Crippen molar-refractivity contribution in [1.82, 2.24) is 5.48 Å². The molecule has 1 aliphatic rings. The molecule has 0 radical (unpaired) electrons. The molecule has 0 unspecified atom stereocenters. The molecule has 0 bridgehead atoms. The second kappa shape index (κ2) is 10.5. The van der Waals surface area contributed by atoms with Crippen LogP contribution >= 0.6 is 0 Å². The van der Waals surface area contributed by atoms with Gasteiger partial charge in [-0.2, -0.15) is 0 Å². The molecular weight excluding hydrogens is 454 g/mol. The highest BCUT2D eigenvalue weighted by atomic mass is 32.2. The maximum atomic E-state index is 13.3. The van der Waals surface area contributed by atoms with Crippen molar-refractivity contribution in [1.29, 1.82) is 0 Å². The molecule has 0 spiro atoms. The highest BCUT2D eigenvalue weighted by Gasteiger charge is 2.52. The molecular formula is C26H29NO6S. The number of benzene rings is 3. The summed E-state index contributed by atoms with van der Waals surface area (Å²) < 4.78 is 35.8. The number of unbranched alkanes of at least 4 members (excludes halogenated alkanes) is 1. The third kappa shape index (κ3) is 4.94. The number of sulfone groups is 1. The van der Waals surface area contributed by atoms with Crippen molar-refractivity contribution in [3.63, 3.8) is 0 Å². The zero-order valence-electron chi connectivity index (χ0n) is 18.9. The van der Waals surface area contributed by atoms with Crippen LogP contribution in [0.4, 0.5) is 0 Å². The van der Waals surface area contributed by atoms with Gasteiger partial charge in [0.15, 0.2) is 14.6 Å². The van der Waals surface area contributed by atoms with Crippen LogP contribution in [0.25, 0.3) is 10.8 Å². The molecule has 0 aliphatic carbocycles. The summed E-state index contributed by atoms with van der Waals surface area (Å²) in [6.07, 6.45) is 2.77. The predicted octanol–water partition coefficient (Wildman–Crippen LogP) is 4.07. The van der Waals surface area contributed by atoms with Gasteiger partial charge in [0.25, 0.3) is 5.91 Å². The Morgan fingerprint density at radius 1 is 0.971 bits per heavy atom. The summed E-state index contributed by atoms with van der Waals surface area (Å²) >= 11 is 0. The number of hydroxylamine groups is 1. The van der Waals surface area contributed by atoms with Crippen LogP contribution in [0.15, 0.2) is 71.6 Å². The Morgan fingerprint density at radius 3 is 2.38 bits per heavy atom. The number of rotatable bonds is 9. The molecule has 1 amide bonds. The van der Waals surface area contributed by atoms with Gasteiger partial charge in [-0.1, -0.05) is 42.5 Å². The Bertz CT molecular complexity index is 1230. The Hall–Kier alpha value is -2.94.